The number of carbonyl (C=O) groups excluding carboxylic acids is 2. The average molecular weight is 436 g/mol. The maximum absolute atomic E-state index is 12.5. The van der Waals surface area contributed by atoms with Gasteiger partial charge in [-0.3, -0.25) is 14.6 Å². The van der Waals surface area contributed by atoms with Crippen molar-refractivity contribution in [2.24, 2.45) is 0 Å². The van der Waals surface area contributed by atoms with Gasteiger partial charge in [-0.2, -0.15) is 0 Å². The van der Waals surface area contributed by atoms with E-state index in [-0.39, 0.29) is 23.9 Å². The number of fused-ring (bicyclic) bond motifs is 1. The van der Waals surface area contributed by atoms with Crippen LogP contribution in [0.25, 0.3) is 6.08 Å². The maximum atomic E-state index is 12.5. The lowest BCUT2D eigenvalue weighted by atomic mass is 10.1. The lowest BCUT2D eigenvalue weighted by Crippen LogP contribution is -2.11. The van der Waals surface area contributed by atoms with Gasteiger partial charge in [0.2, 0.25) is 5.78 Å². The highest BCUT2D eigenvalue weighted by Gasteiger charge is 2.27. The molecular formula is C22H14BrNO4. The van der Waals surface area contributed by atoms with Crippen LogP contribution in [0.4, 0.5) is 0 Å². The molecule has 2 heterocycles. The van der Waals surface area contributed by atoms with Crippen molar-refractivity contribution in [3.05, 3.63) is 93.9 Å². The Balaban J connectivity index is 1.46. The SMILES string of the molecule is O=C(COc1ccc2c(c1)OC(=Cc1ccncc1)C2=O)c1ccc(Br)cc1. The molecule has 0 saturated heterocycles. The van der Waals surface area contributed by atoms with E-state index in [1.807, 2.05) is 0 Å². The summed E-state index contributed by atoms with van der Waals surface area (Å²) in [6.45, 7) is -0.103. The van der Waals surface area contributed by atoms with Gasteiger partial charge in [0.05, 0.1) is 5.56 Å². The smallest absolute Gasteiger partial charge is 0.231 e. The molecular weight excluding hydrogens is 422 g/mol. The van der Waals surface area contributed by atoms with Gasteiger partial charge in [-0.05, 0) is 48.0 Å². The third-order valence-corrected chi connectivity index (χ3v) is 4.71. The Morgan fingerprint density at radius 1 is 1.07 bits per heavy atom. The average Bonchev–Trinajstić information content (AvgIpc) is 3.02. The van der Waals surface area contributed by atoms with Crippen LogP contribution in [-0.4, -0.2) is 23.2 Å². The largest absolute Gasteiger partial charge is 0.485 e. The molecule has 138 valence electrons. The molecule has 3 aromatic rings. The molecule has 0 amide bonds. The number of allylic oxidation sites excluding steroid dienone is 1. The lowest BCUT2D eigenvalue weighted by molar-refractivity contribution is 0.0921. The Labute approximate surface area is 169 Å². The van der Waals surface area contributed by atoms with E-state index < -0.39 is 0 Å². The predicted molar refractivity (Wildman–Crippen MR) is 108 cm³/mol. The number of aromatic nitrogens is 1. The zero-order chi connectivity index (χ0) is 19.5. The van der Waals surface area contributed by atoms with Crippen molar-refractivity contribution >= 4 is 33.6 Å². The predicted octanol–water partition coefficient (Wildman–Crippen LogP) is 4.72. The van der Waals surface area contributed by atoms with Crippen LogP contribution in [0.2, 0.25) is 0 Å². The van der Waals surface area contributed by atoms with Crippen LogP contribution >= 0.6 is 15.9 Å². The fourth-order valence-electron chi connectivity index (χ4n) is 2.74. The van der Waals surface area contributed by atoms with Gasteiger partial charge in [-0.25, -0.2) is 0 Å². The first-order chi connectivity index (χ1) is 13.6. The second-order valence-electron chi connectivity index (χ2n) is 6.10. The fraction of sp³-hybridized carbons (Fsp3) is 0.0455. The zero-order valence-corrected chi connectivity index (χ0v) is 16.2. The van der Waals surface area contributed by atoms with Crippen molar-refractivity contribution in [3.8, 4) is 11.5 Å². The Morgan fingerprint density at radius 3 is 2.57 bits per heavy atom. The van der Waals surface area contributed by atoms with Crippen molar-refractivity contribution in [1.82, 2.24) is 4.98 Å². The van der Waals surface area contributed by atoms with Gasteiger partial charge in [0.15, 0.2) is 18.1 Å². The molecule has 0 N–H and O–H groups in total. The molecule has 0 spiro atoms. The number of pyridine rings is 1. The number of halogens is 1. The molecule has 5 nitrogen and oxygen atoms in total. The number of hydrogen-bond acceptors (Lipinski definition) is 5. The summed E-state index contributed by atoms with van der Waals surface area (Å²) in [6.07, 6.45) is 4.96. The summed E-state index contributed by atoms with van der Waals surface area (Å²) in [6, 6.07) is 15.6. The van der Waals surface area contributed by atoms with Crippen molar-refractivity contribution < 1.29 is 19.1 Å². The molecule has 4 rings (SSSR count). The van der Waals surface area contributed by atoms with Crippen molar-refractivity contribution in [2.75, 3.05) is 6.61 Å². The summed E-state index contributed by atoms with van der Waals surface area (Å²) >= 11 is 3.34. The number of ether oxygens (including phenoxy) is 2. The van der Waals surface area contributed by atoms with Gasteiger partial charge in [-0.1, -0.05) is 28.1 Å². The number of Topliss-reactive ketones (excluding diaryl/α,β-unsaturated/α-hetero) is 2. The van der Waals surface area contributed by atoms with Gasteiger partial charge in [0, 0.05) is 28.5 Å². The normalized spacial score (nSPS) is 13.9. The number of benzene rings is 2. The molecule has 1 aliphatic heterocycles. The Morgan fingerprint density at radius 2 is 1.82 bits per heavy atom. The molecule has 0 saturated carbocycles. The monoisotopic (exact) mass is 435 g/mol. The van der Waals surface area contributed by atoms with E-state index in [2.05, 4.69) is 20.9 Å². The highest BCUT2D eigenvalue weighted by atomic mass is 79.9. The van der Waals surface area contributed by atoms with E-state index in [0.29, 0.717) is 22.6 Å². The Bertz CT molecular complexity index is 1080. The van der Waals surface area contributed by atoms with Crippen molar-refractivity contribution in [2.45, 2.75) is 0 Å². The number of carbonyl (C=O) groups is 2. The summed E-state index contributed by atoms with van der Waals surface area (Å²) in [5, 5.41) is 0. The second-order valence-corrected chi connectivity index (χ2v) is 7.01. The molecule has 6 heteroatoms. The molecule has 2 aromatic carbocycles. The van der Waals surface area contributed by atoms with E-state index >= 15 is 0 Å². The molecule has 28 heavy (non-hydrogen) atoms. The highest BCUT2D eigenvalue weighted by Crippen LogP contribution is 2.34. The third-order valence-electron chi connectivity index (χ3n) is 4.18. The number of hydrogen-bond donors (Lipinski definition) is 0. The standard InChI is InChI=1S/C22H14BrNO4/c23-16-3-1-15(2-4-16)19(25)13-27-17-5-6-18-20(12-17)28-21(22(18)26)11-14-7-9-24-10-8-14/h1-12H,13H2. The second kappa shape index (κ2) is 7.78. The highest BCUT2D eigenvalue weighted by molar-refractivity contribution is 9.10. The first-order valence-electron chi connectivity index (χ1n) is 8.50. The van der Waals surface area contributed by atoms with E-state index in [4.69, 9.17) is 9.47 Å². The van der Waals surface area contributed by atoms with Crippen LogP contribution in [0.15, 0.2) is 77.2 Å². The summed E-state index contributed by atoms with van der Waals surface area (Å²) < 4.78 is 12.2. The molecule has 1 aromatic heterocycles. The first-order valence-corrected chi connectivity index (χ1v) is 9.29. The first kappa shape index (κ1) is 18.1. The maximum Gasteiger partial charge on any atom is 0.231 e. The minimum Gasteiger partial charge on any atom is -0.485 e. The molecule has 0 radical (unpaired) electrons. The van der Waals surface area contributed by atoms with E-state index in [9.17, 15) is 9.59 Å². The van der Waals surface area contributed by atoms with Crippen molar-refractivity contribution in [3.63, 3.8) is 0 Å². The van der Waals surface area contributed by atoms with Crippen LogP contribution in [0.3, 0.4) is 0 Å². The van der Waals surface area contributed by atoms with Crippen LogP contribution < -0.4 is 9.47 Å². The molecule has 0 bridgehead atoms. The van der Waals surface area contributed by atoms with E-state index in [1.165, 1.54) is 0 Å². The molecule has 0 fully saturated rings. The van der Waals surface area contributed by atoms with Gasteiger partial charge < -0.3 is 9.47 Å². The van der Waals surface area contributed by atoms with Gasteiger partial charge in [-0.15, -0.1) is 0 Å². The van der Waals surface area contributed by atoms with Crippen LogP contribution in [0.5, 0.6) is 11.5 Å². The van der Waals surface area contributed by atoms with Crippen molar-refractivity contribution in [1.29, 1.82) is 0 Å². The topological polar surface area (TPSA) is 65.5 Å². The third kappa shape index (κ3) is 3.87. The minimum absolute atomic E-state index is 0.103. The van der Waals surface area contributed by atoms with Gasteiger partial charge in [0.25, 0.3) is 0 Å². The zero-order valence-electron chi connectivity index (χ0n) is 14.6. The van der Waals surface area contributed by atoms with Crippen LogP contribution in [0.1, 0.15) is 26.3 Å². The molecule has 1 aliphatic rings. The van der Waals surface area contributed by atoms with Crippen LogP contribution in [0, 0.1) is 0 Å². The minimum atomic E-state index is -0.190. The molecule has 0 unspecified atom stereocenters. The molecule has 0 atom stereocenters. The summed E-state index contributed by atoms with van der Waals surface area (Å²) in [7, 11) is 0. The number of nitrogens with zero attached hydrogens (tertiary/aromatic N) is 1. The van der Waals surface area contributed by atoms with Gasteiger partial charge in [0.1, 0.15) is 11.5 Å². The number of ketones is 2. The summed E-state index contributed by atoms with van der Waals surface area (Å²) in [5.74, 6) is 0.790. The van der Waals surface area contributed by atoms with Gasteiger partial charge >= 0.3 is 0 Å². The van der Waals surface area contributed by atoms with Crippen LogP contribution in [-0.2, 0) is 0 Å². The Kier molecular flexibility index (Phi) is 5.04. The summed E-state index contributed by atoms with van der Waals surface area (Å²) in [4.78, 5) is 28.7. The lowest BCUT2D eigenvalue weighted by Gasteiger charge is -2.07. The quantitative estimate of drug-likeness (QED) is 0.428. The van der Waals surface area contributed by atoms with E-state index in [0.717, 1.165) is 10.0 Å². The Hall–Kier alpha value is -3.25. The summed E-state index contributed by atoms with van der Waals surface area (Å²) in [5.41, 5.74) is 1.85. The number of rotatable bonds is 5. The molecule has 0 aliphatic carbocycles. The fourth-order valence-corrected chi connectivity index (χ4v) is 3.00. The van der Waals surface area contributed by atoms with E-state index in [1.54, 1.807) is 73.1 Å².